The number of rotatable bonds is 24. The third-order valence-electron chi connectivity index (χ3n) is 6.11. The Hall–Kier alpha value is -1.89. The smallest absolute Gasteiger partial charge is 0.303 e. The number of quaternary nitrogens is 1. The molecule has 0 unspecified atom stereocenters. The van der Waals surface area contributed by atoms with E-state index in [4.69, 9.17) is 15.3 Å². The third kappa shape index (κ3) is 18.8. The average Bonchev–Trinajstić information content (AvgIpc) is 2.73. The lowest BCUT2D eigenvalue weighted by atomic mass is 10.1. The Labute approximate surface area is 194 Å². The second-order valence-corrected chi connectivity index (χ2v) is 8.99. The van der Waals surface area contributed by atoms with E-state index in [2.05, 4.69) is 6.58 Å². The minimum atomic E-state index is -0.775. The van der Waals surface area contributed by atoms with Crippen LogP contribution in [0.3, 0.4) is 0 Å². The van der Waals surface area contributed by atoms with Crippen molar-refractivity contribution in [3.8, 4) is 0 Å². The minimum Gasteiger partial charge on any atom is -0.481 e. The second-order valence-electron chi connectivity index (χ2n) is 8.99. The van der Waals surface area contributed by atoms with Crippen LogP contribution in [0.2, 0.25) is 0 Å². The molecular weight excluding hydrogens is 410 g/mol. The summed E-state index contributed by atoms with van der Waals surface area (Å²) in [4.78, 5) is 32.7. The zero-order valence-electron chi connectivity index (χ0n) is 19.9. The lowest BCUT2D eigenvalue weighted by Crippen LogP contribution is -2.51. The van der Waals surface area contributed by atoms with E-state index in [0.29, 0.717) is 19.3 Å². The number of hydrogen-bond donors (Lipinski definition) is 3. The number of carboxylic acid groups (broad SMARTS) is 3. The standard InChI is InChI=1S/C25H45NO6/c1-2-3-4-5-6-7-8-12-19-26(20-13-9-16-23(27)28,21-14-10-17-24(29)30)22-15-11-18-25(31)32/h2H,1,3-22H2,(H2-,27,28,29,30,31,32)/p+1. The van der Waals surface area contributed by atoms with Gasteiger partial charge in [-0.1, -0.05) is 25.3 Å². The van der Waals surface area contributed by atoms with E-state index >= 15 is 0 Å². The van der Waals surface area contributed by atoms with Crippen molar-refractivity contribution in [2.75, 3.05) is 26.2 Å². The summed E-state index contributed by atoms with van der Waals surface area (Å²) in [5.74, 6) is -2.33. The Morgan fingerprint density at radius 2 is 0.844 bits per heavy atom. The van der Waals surface area contributed by atoms with Gasteiger partial charge in [-0.05, 0) is 64.2 Å². The summed E-state index contributed by atoms with van der Waals surface area (Å²) in [6, 6.07) is 0. The van der Waals surface area contributed by atoms with Crippen molar-refractivity contribution < 1.29 is 34.2 Å². The van der Waals surface area contributed by atoms with Crippen LogP contribution in [0.5, 0.6) is 0 Å². The molecule has 0 fully saturated rings. The van der Waals surface area contributed by atoms with Gasteiger partial charge in [-0.25, -0.2) is 0 Å². The molecule has 0 radical (unpaired) electrons. The maximum Gasteiger partial charge on any atom is 0.303 e. The summed E-state index contributed by atoms with van der Waals surface area (Å²) < 4.78 is 0.856. The molecule has 0 aromatic heterocycles. The number of hydrogen-bond acceptors (Lipinski definition) is 3. The Morgan fingerprint density at radius 3 is 1.19 bits per heavy atom. The monoisotopic (exact) mass is 456 g/mol. The number of unbranched alkanes of at least 4 members (excludes halogenated alkanes) is 9. The number of nitrogens with zero attached hydrogens (tertiary/aromatic N) is 1. The van der Waals surface area contributed by atoms with E-state index in [0.717, 1.165) is 69.2 Å². The van der Waals surface area contributed by atoms with E-state index in [1.807, 2.05) is 6.08 Å². The zero-order chi connectivity index (χ0) is 24.1. The van der Waals surface area contributed by atoms with Crippen LogP contribution in [-0.2, 0) is 14.4 Å². The van der Waals surface area contributed by atoms with Crippen LogP contribution >= 0.6 is 0 Å². The summed E-state index contributed by atoms with van der Waals surface area (Å²) >= 11 is 0. The van der Waals surface area contributed by atoms with Gasteiger partial charge in [-0.3, -0.25) is 14.4 Å². The van der Waals surface area contributed by atoms with E-state index in [1.165, 1.54) is 25.7 Å². The molecule has 0 aliphatic heterocycles. The maximum atomic E-state index is 10.9. The van der Waals surface area contributed by atoms with Crippen molar-refractivity contribution in [3.05, 3.63) is 12.7 Å². The fraction of sp³-hybridized carbons (Fsp3) is 0.800. The average molecular weight is 457 g/mol. The molecule has 0 aliphatic rings. The van der Waals surface area contributed by atoms with Gasteiger partial charge < -0.3 is 19.8 Å². The summed E-state index contributed by atoms with van der Waals surface area (Å²) in [5.41, 5.74) is 0. The van der Waals surface area contributed by atoms with Crippen LogP contribution in [-0.4, -0.2) is 63.9 Å². The number of aliphatic carboxylic acids is 3. The molecule has 3 N–H and O–H groups in total. The quantitative estimate of drug-likeness (QED) is 0.101. The highest BCUT2D eigenvalue weighted by molar-refractivity contribution is 5.67. The molecule has 0 spiro atoms. The summed E-state index contributed by atoms with van der Waals surface area (Å²) in [5, 5.41) is 26.8. The van der Waals surface area contributed by atoms with Crippen LogP contribution in [0.25, 0.3) is 0 Å². The largest absolute Gasteiger partial charge is 0.481 e. The molecule has 0 rings (SSSR count). The van der Waals surface area contributed by atoms with Crippen molar-refractivity contribution in [2.24, 2.45) is 0 Å². The van der Waals surface area contributed by atoms with Gasteiger partial charge in [0.1, 0.15) is 0 Å². The van der Waals surface area contributed by atoms with Gasteiger partial charge in [0.2, 0.25) is 0 Å². The van der Waals surface area contributed by atoms with Crippen molar-refractivity contribution in [3.63, 3.8) is 0 Å². The van der Waals surface area contributed by atoms with E-state index in [1.54, 1.807) is 0 Å². The molecule has 0 saturated carbocycles. The van der Waals surface area contributed by atoms with Gasteiger partial charge in [-0.15, -0.1) is 6.58 Å². The van der Waals surface area contributed by atoms with Crippen LogP contribution in [0.4, 0.5) is 0 Å². The highest BCUT2D eigenvalue weighted by Crippen LogP contribution is 2.19. The maximum absolute atomic E-state index is 10.9. The normalized spacial score (nSPS) is 11.4. The SMILES string of the molecule is C=CCCCCCCCC[N+](CCCCC(=O)O)(CCCCC(=O)O)CCCCC(=O)O. The number of allylic oxidation sites excluding steroid dienone is 1. The summed E-state index contributed by atoms with van der Waals surface area (Å²) in [6.45, 7) is 7.40. The topological polar surface area (TPSA) is 112 Å². The molecule has 186 valence electrons. The molecule has 0 heterocycles. The Bertz CT molecular complexity index is 479. The molecular formula is C25H46NO6+. The first-order chi connectivity index (χ1) is 15.3. The van der Waals surface area contributed by atoms with Crippen LogP contribution in [0.1, 0.15) is 103 Å². The fourth-order valence-electron chi connectivity index (χ4n) is 4.28. The second kappa shape index (κ2) is 19.8. The van der Waals surface area contributed by atoms with Gasteiger partial charge in [0.15, 0.2) is 0 Å². The molecule has 0 aliphatic carbocycles. The molecule has 7 nitrogen and oxygen atoms in total. The Morgan fingerprint density at radius 1 is 0.531 bits per heavy atom. The van der Waals surface area contributed by atoms with Crippen molar-refractivity contribution in [1.82, 2.24) is 0 Å². The van der Waals surface area contributed by atoms with Crippen molar-refractivity contribution in [2.45, 2.75) is 103 Å². The first-order valence-electron chi connectivity index (χ1n) is 12.4. The Balaban J connectivity index is 4.83. The van der Waals surface area contributed by atoms with Gasteiger partial charge >= 0.3 is 17.9 Å². The van der Waals surface area contributed by atoms with Crippen LogP contribution in [0.15, 0.2) is 12.7 Å². The van der Waals surface area contributed by atoms with Gasteiger partial charge in [0.05, 0.1) is 26.2 Å². The van der Waals surface area contributed by atoms with Gasteiger partial charge in [-0.2, -0.15) is 0 Å². The summed E-state index contributed by atoms with van der Waals surface area (Å²) in [6.07, 6.45) is 15.1. The molecule has 32 heavy (non-hydrogen) atoms. The lowest BCUT2D eigenvalue weighted by Gasteiger charge is -2.39. The molecule has 0 bridgehead atoms. The predicted molar refractivity (Wildman–Crippen MR) is 127 cm³/mol. The molecule has 0 saturated heterocycles. The van der Waals surface area contributed by atoms with Crippen LogP contribution < -0.4 is 0 Å². The molecule has 0 aromatic rings. The molecule has 7 heteroatoms. The first kappa shape index (κ1) is 30.1. The first-order valence-corrected chi connectivity index (χ1v) is 12.4. The Kier molecular flexibility index (Phi) is 18.6. The minimum absolute atomic E-state index is 0.169. The number of carbonyl (C=O) groups is 3. The lowest BCUT2D eigenvalue weighted by molar-refractivity contribution is -0.929. The van der Waals surface area contributed by atoms with Gasteiger partial charge in [0, 0.05) is 19.3 Å². The predicted octanol–water partition coefficient (Wildman–Crippen LogP) is 5.48. The van der Waals surface area contributed by atoms with Crippen LogP contribution in [0, 0.1) is 0 Å². The van der Waals surface area contributed by atoms with Crippen molar-refractivity contribution in [1.29, 1.82) is 0 Å². The van der Waals surface area contributed by atoms with Crippen molar-refractivity contribution >= 4 is 17.9 Å². The highest BCUT2D eigenvalue weighted by Gasteiger charge is 2.26. The van der Waals surface area contributed by atoms with Gasteiger partial charge in [0.25, 0.3) is 0 Å². The summed E-state index contributed by atoms with van der Waals surface area (Å²) in [7, 11) is 0. The van der Waals surface area contributed by atoms with E-state index < -0.39 is 17.9 Å². The molecule has 0 aromatic carbocycles. The van der Waals surface area contributed by atoms with E-state index in [9.17, 15) is 14.4 Å². The molecule has 0 amide bonds. The van der Waals surface area contributed by atoms with E-state index in [-0.39, 0.29) is 19.3 Å². The highest BCUT2D eigenvalue weighted by atomic mass is 16.4. The fourth-order valence-corrected chi connectivity index (χ4v) is 4.28. The number of carboxylic acids is 3. The zero-order valence-corrected chi connectivity index (χ0v) is 19.9. The third-order valence-corrected chi connectivity index (χ3v) is 6.11. The molecule has 0 atom stereocenters.